The molecule has 1 aliphatic heterocycles. The molecule has 104 valence electrons. The zero-order chi connectivity index (χ0) is 13.5. The summed E-state index contributed by atoms with van der Waals surface area (Å²) in [5.41, 5.74) is 1.35. The maximum Gasteiger partial charge on any atom is 0.335 e. The molecule has 0 radical (unpaired) electrons. The van der Waals surface area contributed by atoms with Gasteiger partial charge in [0.05, 0.1) is 11.7 Å². The Bertz CT molecular complexity index is 414. The molecule has 1 fully saturated rings. The van der Waals surface area contributed by atoms with Crippen molar-refractivity contribution < 1.29 is 14.6 Å². The Balaban J connectivity index is 1.70. The SMILES string of the molecule is O=C(O)c1cccc(CNCCC2CCCCO2)c1. The fourth-order valence-corrected chi connectivity index (χ4v) is 2.35. The van der Waals surface area contributed by atoms with Crippen LogP contribution in [-0.4, -0.2) is 30.3 Å². The van der Waals surface area contributed by atoms with E-state index in [1.54, 1.807) is 18.2 Å². The van der Waals surface area contributed by atoms with Gasteiger partial charge in [-0.25, -0.2) is 4.79 Å². The van der Waals surface area contributed by atoms with Crippen molar-refractivity contribution in [2.24, 2.45) is 0 Å². The van der Waals surface area contributed by atoms with Crippen molar-refractivity contribution >= 4 is 5.97 Å². The molecule has 1 heterocycles. The monoisotopic (exact) mass is 263 g/mol. The average Bonchev–Trinajstić information content (AvgIpc) is 2.45. The summed E-state index contributed by atoms with van der Waals surface area (Å²) in [6.45, 7) is 2.50. The predicted molar refractivity (Wildman–Crippen MR) is 73.3 cm³/mol. The highest BCUT2D eigenvalue weighted by atomic mass is 16.5. The molecule has 0 bridgehead atoms. The molecule has 1 atom stereocenters. The van der Waals surface area contributed by atoms with E-state index in [4.69, 9.17) is 9.84 Å². The molecule has 0 spiro atoms. The maximum absolute atomic E-state index is 10.9. The van der Waals surface area contributed by atoms with Gasteiger partial charge >= 0.3 is 5.97 Å². The largest absolute Gasteiger partial charge is 0.478 e. The second-order valence-corrected chi connectivity index (χ2v) is 4.96. The van der Waals surface area contributed by atoms with Crippen LogP contribution in [0, 0.1) is 0 Å². The Morgan fingerprint density at radius 1 is 1.42 bits per heavy atom. The average molecular weight is 263 g/mol. The van der Waals surface area contributed by atoms with Gasteiger partial charge in [0, 0.05) is 13.2 Å². The highest BCUT2D eigenvalue weighted by Crippen LogP contribution is 2.15. The van der Waals surface area contributed by atoms with Crippen LogP contribution < -0.4 is 5.32 Å². The number of rotatable bonds is 6. The quantitative estimate of drug-likeness (QED) is 0.774. The lowest BCUT2D eigenvalue weighted by molar-refractivity contribution is 0.0115. The Morgan fingerprint density at radius 3 is 3.05 bits per heavy atom. The van der Waals surface area contributed by atoms with E-state index in [1.807, 2.05) is 6.07 Å². The molecule has 0 aromatic heterocycles. The number of carboxylic acids is 1. The van der Waals surface area contributed by atoms with E-state index in [0.717, 1.165) is 31.6 Å². The highest BCUT2D eigenvalue weighted by molar-refractivity contribution is 5.87. The van der Waals surface area contributed by atoms with Gasteiger partial charge in [0.1, 0.15) is 0 Å². The summed E-state index contributed by atoms with van der Waals surface area (Å²) in [7, 11) is 0. The first kappa shape index (κ1) is 14.0. The van der Waals surface area contributed by atoms with Gasteiger partial charge in [0.25, 0.3) is 0 Å². The van der Waals surface area contributed by atoms with Crippen molar-refractivity contribution in [3.05, 3.63) is 35.4 Å². The summed E-state index contributed by atoms with van der Waals surface area (Å²) in [6, 6.07) is 7.05. The third-order valence-electron chi connectivity index (χ3n) is 3.42. The third-order valence-corrected chi connectivity index (χ3v) is 3.42. The minimum atomic E-state index is -0.877. The smallest absolute Gasteiger partial charge is 0.335 e. The summed E-state index contributed by atoms with van der Waals surface area (Å²) in [4.78, 5) is 10.9. The Morgan fingerprint density at radius 2 is 2.32 bits per heavy atom. The fourth-order valence-electron chi connectivity index (χ4n) is 2.35. The van der Waals surface area contributed by atoms with Gasteiger partial charge < -0.3 is 15.2 Å². The van der Waals surface area contributed by atoms with Gasteiger partial charge in [0.15, 0.2) is 0 Å². The topological polar surface area (TPSA) is 58.6 Å². The van der Waals surface area contributed by atoms with E-state index in [1.165, 1.54) is 12.8 Å². The van der Waals surface area contributed by atoms with Crippen molar-refractivity contribution in [3.8, 4) is 0 Å². The van der Waals surface area contributed by atoms with Crippen molar-refractivity contribution in [1.29, 1.82) is 0 Å². The Kier molecular flexibility index (Phi) is 5.36. The number of benzene rings is 1. The lowest BCUT2D eigenvalue weighted by Gasteiger charge is -2.22. The van der Waals surface area contributed by atoms with E-state index in [2.05, 4.69) is 5.32 Å². The lowest BCUT2D eigenvalue weighted by atomic mass is 10.1. The molecule has 1 aromatic carbocycles. The normalized spacial score (nSPS) is 19.3. The molecule has 1 aliphatic rings. The number of aromatic carboxylic acids is 1. The number of hydrogen-bond acceptors (Lipinski definition) is 3. The molecule has 1 aromatic rings. The van der Waals surface area contributed by atoms with Crippen LogP contribution in [0.3, 0.4) is 0 Å². The molecule has 1 saturated heterocycles. The molecule has 2 N–H and O–H groups in total. The van der Waals surface area contributed by atoms with E-state index in [-0.39, 0.29) is 0 Å². The minimum absolute atomic E-state index is 0.343. The minimum Gasteiger partial charge on any atom is -0.478 e. The van der Waals surface area contributed by atoms with Gasteiger partial charge in [-0.05, 0) is 49.9 Å². The van der Waals surface area contributed by atoms with E-state index in [0.29, 0.717) is 18.2 Å². The first-order chi connectivity index (χ1) is 9.25. The van der Waals surface area contributed by atoms with Crippen LogP contribution in [-0.2, 0) is 11.3 Å². The summed E-state index contributed by atoms with van der Waals surface area (Å²) in [6.07, 6.45) is 5.04. The van der Waals surface area contributed by atoms with Crippen LogP contribution in [0.5, 0.6) is 0 Å². The molecule has 0 amide bonds. The summed E-state index contributed by atoms with van der Waals surface area (Å²) >= 11 is 0. The molecule has 0 aliphatic carbocycles. The molecule has 1 unspecified atom stereocenters. The van der Waals surface area contributed by atoms with Crippen molar-refractivity contribution in [3.63, 3.8) is 0 Å². The van der Waals surface area contributed by atoms with Crippen molar-refractivity contribution in [2.45, 2.75) is 38.3 Å². The van der Waals surface area contributed by atoms with Gasteiger partial charge in [-0.1, -0.05) is 12.1 Å². The standard InChI is InChI=1S/C15H21NO3/c17-15(18)13-5-3-4-12(10-13)11-16-8-7-14-6-1-2-9-19-14/h3-5,10,14,16H,1-2,6-9,11H2,(H,17,18). The summed E-state index contributed by atoms with van der Waals surface area (Å²) in [5.74, 6) is -0.877. The number of nitrogens with one attached hydrogen (secondary N) is 1. The second-order valence-electron chi connectivity index (χ2n) is 4.96. The molecular weight excluding hydrogens is 242 g/mol. The van der Waals surface area contributed by atoms with Crippen LogP contribution in [0.4, 0.5) is 0 Å². The van der Waals surface area contributed by atoms with E-state index >= 15 is 0 Å². The first-order valence-electron chi connectivity index (χ1n) is 6.90. The first-order valence-corrected chi connectivity index (χ1v) is 6.90. The summed E-state index contributed by atoms with van der Waals surface area (Å²) in [5, 5.41) is 12.3. The lowest BCUT2D eigenvalue weighted by Crippen LogP contribution is -2.25. The predicted octanol–water partition coefficient (Wildman–Crippen LogP) is 2.43. The van der Waals surface area contributed by atoms with Gasteiger partial charge in [0.2, 0.25) is 0 Å². The van der Waals surface area contributed by atoms with E-state index in [9.17, 15) is 4.79 Å². The zero-order valence-corrected chi connectivity index (χ0v) is 11.1. The molecule has 19 heavy (non-hydrogen) atoms. The number of carboxylic acid groups (broad SMARTS) is 1. The number of hydrogen-bond donors (Lipinski definition) is 2. The fraction of sp³-hybridized carbons (Fsp3) is 0.533. The third kappa shape index (κ3) is 4.65. The number of carbonyl (C=O) groups is 1. The Labute approximate surface area is 113 Å². The van der Waals surface area contributed by atoms with Crippen LogP contribution in [0.1, 0.15) is 41.6 Å². The van der Waals surface area contributed by atoms with Crippen molar-refractivity contribution in [2.75, 3.05) is 13.2 Å². The molecule has 4 heteroatoms. The number of ether oxygens (including phenoxy) is 1. The van der Waals surface area contributed by atoms with Crippen molar-refractivity contribution in [1.82, 2.24) is 5.32 Å². The van der Waals surface area contributed by atoms with Crippen LogP contribution in [0.25, 0.3) is 0 Å². The molecule has 0 saturated carbocycles. The Hall–Kier alpha value is -1.39. The van der Waals surface area contributed by atoms with Crippen LogP contribution >= 0.6 is 0 Å². The molecule has 4 nitrogen and oxygen atoms in total. The summed E-state index contributed by atoms with van der Waals surface area (Å²) < 4.78 is 5.66. The zero-order valence-electron chi connectivity index (χ0n) is 11.1. The second kappa shape index (κ2) is 7.26. The maximum atomic E-state index is 10.9. The van der Waals surface area contributed by atoms with Gasteiger partial charge in [-0.15, -0.1) is 0 Å². The highest BCUT2D eigenvalue weighted by Gasteiger charge is 2.12. The van der Waals surface area contributed by atoms with Crippen LogP contribution in [0.15, 0.2) is 24.3 Å². The van der Waals surface area contributed by atoms with Gasteiger partial charge in [-0.3, -0.25) is 0 Å². The molecule has 2 rings (SSSR count). The van der Waals surface area contributed by atoms with E-state index < -0.39 is 5.97 Å². The molecular formula is C15H21NO3. The van der Waals surface area contributed by atoms with Gasteiger partial charge in [-0.2, -0.15) is 0 Å². The van der Waals surface area contributed by atoms with Crippen LogP contribution in [0.2, 0.25) is 0 Å².